The second-order valence-corrected chi connectivity index (χ2v) is 8.01. The molecule has 0 bridgehead atoms. The third-order valence-corrected chi connectivity index (χ3v) is 5.84. The van der Waals surface area contributed by atoms with Crippen molar-refractivity contribution in [2.24, 2.45) is 0 Å². The Kier molecular flexibility index (Phi) is 6.60. The smallest absolute Gasteiger partial charge is 0.465 e. The standard InChI is InChI=1S/C24H20N2O7S/c1-4-31-24(29)33-15-11-9-14(10-12-15)20(27)26-21-19(18(13(2)32-21)23(28)30-3)22-25-16-7-5-6-8-17(16)34-22/h5-12H,4H2,1-3H3,(H,26,27). The van der Waals surface area contributed by atoms with E-state index in [-0.39, 0.29) is 35.1 Å². The molecule has 0 atom stereocenters. The van der Waals surface area contributed by atoms with Crippen LogP contribution in [-0.2, 0) is 9.47 Å². The quantitative estimate of drug-likeness (QED) is 0.286. The first kappa shape index (κ1) is 23.0. The highest BCUT2D eigenvalue weighted by Crippen LogP contribution is 2.40. The number of nitrogens with zero attached hydrogens (tertiary/aromatic N) is 1. The summed E-state index contributed by atoms with van der Waals surface area (Å²) in [7, 11) is 1.27. The van der Waals surface area contributed by atoms with Crippen LogP contribution in [0.5, 0.6) is 5.75 Å². The molecular weight excluding hydrogens is 460 g/mol. The number of aromatic nitrogens is 1. The van der Waals surface area contributed by atoms with Gasteiger partial charge in [0.25, 0.3) is 5.91 Å². The summed E-state index contributed by atoms with van der Waals surface area (Å²) in [5.41, 5.74) is 1.57. The van der Waals surface area contributed by atoms with Crippen molar-refractivity contribution in [2.75, 3.05) is 19.0 Å². The first-order chi connectivity index (χ1) is 16.4. The molecule has 1 N–H and O–H groups in total. The molecule has 0 saturated carbocycles. The second kappa shape index (κ2) is 9.75. The molecule has 0 aliphatic rings. The van der Waals surface area contributed by atoms with Crippen LogP contribution in [0.4, 0.5) is 10.7 Å². The number of methoxy groups -OCH3 is 1. The van der Waals surface area contributed by atoms with Crippen LogP contribution in [-0.4, -0.2) is 36.7 Å². The predicted octanol–water partition coefficient (Wildman–Crippen LogP) is 5.44. The molecule has 0 aliphatic carbocycles. The summed E-state index contributed by atoms with van der Waals surface area (Å²) in [6.07, 6.45) is -0.832. The Labute approximate surface area is 198 Å². The normalized spacial score (nSPS) is 10.7. The van der Waals surface area contributed by atoms with Gasteiger partial charge in [0, 0.05) is 5.56 Å². The number of benzene rings is 2. The van der Waals surface area contributed by atoms with Gasteiger partial charge in [-0.05, 0) is 50.2 Å². The molecule has 0 radical (unpaired) electrons. The van der Waals surface area contributed by atoms with E-state index in [9.17, 15) is 14.4 Å². The maximum absolute atomic E-state index is 12.9. The number of rotatable bonds is 6. The van der Waals surface area contributed by atoms with Gasteiger partial charge in [-0.15, -0.1) is 11.3 Å². The van der Waals surface area contributed by atoms with Crippen molar-refractivity contribution >= 4 is 45.5 Å². The molecule has 0 spiro atoms. The lowest BCUT2D eigenvalue weighted by atomic mass is 10.1. The average molecular weight is 480 g/mol. The van der Waals surface area contributed by atoms with E-state index >= 15 is 0 Å². The molecule has 4 aromatic rings. The summed E-state index contributed by atoms with van der Waals surface area (Å²) in [5, 5.41) is 3.22. The van der Waals surface area contributed by atoms with E-state index in [2.05, 4.69) is 10.3 Å². The van der Waals surface area contributed by atoms with Crippen LogP contribution in [0.1, 0.15) is 33.4 Å². The van der Waals surface area contributed by atoms with Crippen LogP contribution >= 0.6 is 11.3 Å². The first-order valence-corrected chi connectivity index (χ1v) is 11.1. The Morgan fingerprint density at radius 1 is 1.09 bits per heavy atom. The van der Waals surface area contributed by atoms with Crippen molar-refractivity contribution in [1.82, 2.24) is 4.98 Å². The van der Waals surface area contributed by atoms with Crippen molar-refractivity contribution in [3.63, 3.8) is 0 Å². The Bertz CT molecular complexity index is 1340. The minimum absolute atomic E-state index is 0.0776. The molecule has 0 aliphatic heterocycles. The Balaban J connectivity index is 1.66. The predicted molar refractivity (Wildman–Crippen MR) is 125 cm³/mol. The number of carbonyl (C=O) groups excluding carboxylic acids is 3. The number of carbonyl (C=O) groups is 3. The van der Waals surface area contributed by atoms with Crippen LogP contribution < -0.4 is 10.1 Å². The summed E-state index contributed by atoms with van der Waals surface area (Å²) >= 11 is 1.36. The van der Waals surface area contributed by atoms with Crippen molar-refractivity contribution < 1.29 is 33.0 Å². The van der Waals surface area contributed by atoms with E-state index in [1.165, 1.54) is 42.7 Å². The number of thiazole rings is 1. The number of hydrogen-bond donors (Lipinski definition) is 1. The molecule has 4 rings (SSSR count). The molecule has 10 heteroatoms. The number of anilines is 1. The molecule has 34 heavy (non-hydrogen) atoms. The summed E-state index contributed by atoms with van der Waals surface area (Å²) in [6.45, 7) is 3.46. The van der Waals surface area contributed by atoms with Gasteiger partial charge in [-0.25, -0.2) is 14.6 Å². The SMILES string of the molecule is CCOC(=O)Oc1ccc(C(=O)Nc2oc(C)c(C(=O)OC)c2-c2nc3ccccc3s2)cc1. The Morgan fingerprint density at radius 2 is 1.82 bits per heavy atom. The summed E-state index contributed by atoms with van der Waals surface area (Å²) in [6, 6.07) is 13.4. The lowest BCUT2D eigenvalue weighted by molar-refractivity contribution is 0.0599. The van der Waals surface area contributed by atoms with E-state index < -0.39 is 18.0 Å². The topological polar surface area (TPSA) is 117 Å². The van der Waals surface area contributed by atoms with Crippen LogP contribution in [0, 0.1) is 6.92 Å². The average Bonchev–Trinajstić information content (AvgIpc) is 3.39. The maximum Gasteiger partial charge on any atom is 0.513 e. The zero-order valence-corrected chi connectivity index (χ0v) is 19.4. The highest BCUT2D eigenvalue weighted by Gasteiger charge is 2.29. The molecule has 2 aromatic heterocycles. The van der Waals surface area contributed by atoms with Gasteiger partial charge >= 0.3 is 12.1 Å². The number of amides is 1. The van der Waals surface area contributed by atoms with E-state index in [1.54, 1.807) is 13.8 Å². The molecule has 174 valence electrons. The number of hydrogen-bond acceptors (Lipinski definition) is 9. The highest BCUT2D eigenvalue weighted by molar-refractivity contribution is 7.21. The van der Waals surface area contributed by atoms with Gasteiger partial charge in [0.1, 0.15) is 22.1 Å². The van der Waals surface area contributed by atoms with E-state index in [4.69, 9.17) is 18.6 Å². The van der Waals surface area contributed by atoms with Crippen LogP contribution in [0.2, 0.25) is 0 Å². The van der Waals surface area contributed by atoms with Gasteiger partial charge in [-0.1, -0.05) is 12.1 Å². The van der Waals surface area contributed by atoms with E-state index in [1.807, 2.05) is 24.3 Å². The minimum Gasteiger partial charge on any atom is -0.465 e. The van der Waals surface area contributed by atoms with Crippen LogP contribution in [0.25, 0.3) is 20.8 Å². The fourth-order valence-corrected chi connectivity index (χ4v) is 4.27. The largest absolute Gasteiger partial charge is 0.513 e. The number of furan rings is 1. The van der Waals surface area contributed by atoms with E-state index in [0.29, 0.717) is 10.6 Å². The molecule has 1 amide bonds. The van der Waals surface area contributed by atoms with Crippen LogP contribution in [0.15, 0.2) is 52.9 Å². The van der Waals surface area contributed by atoms with Crippen molar-refractivity contribution in [2.45, 2.75) is 13.8 Å². The molecule has 9 nitrogen and oxygen atoms in total. The summed E-state index contributed by atoms with van der Waals surface area (Å²) < 4.78 is 21.3. The van der Waals surface area contributed by atoms with Gasteiger partial charge in [0.2, 0.25) is 5.88 Å². The lowest BCUT2D eigenvalue weighted by Crippen LogP contribution is -2.13. The zero-order valence-electron chi connectivity index (χ0n) is 18.5. The number of aryl methyl sites for hydroxylation is 1. The number of nitrogens with one attached hydrogen (secondary N) is 1. The number of esters is 1. The van der Waals surface area contributed by atoms with Crippen molar-refractivity contribution in [3.8, 4) is 16.3 Å². The minimum atomic E-state index is -0.832. The molecule has 0 unspecified atom stereocenters. The summed E-state index contributed by atoms with van der Waals surface area (Å²) in [4.78, 5) is 41.5. The third kappa shape index (κ3) is 4.62. The highest BCUT2D eigenvalue weighted by atomic mass is 32.1. The Hall–Kier alpha value is -4.18. The molecule has 0 fully saturated rings. The number of para-hydroxylation sites is 1. The van der Waals surface area contributed by atoms with Gasteiger partial charge in [-0.2, -0.15) is 0 Å². The van der Waals surface area contributed by atoms with Gasteiger partial charge in [0.05, 0.1) is 29.5 Å². The van der Waals surface area contributed by atoms with Gasteiger partial charge < -0.3 is 18.6 Å². The van der Waals surface area contributed by atoms with Crippen molar-refractivity contribution in [3.05, 3.63) is 65.4 Å². The van der Waals surface area contributed by atoms with Gasteiger partial charge in [0.15, 0.2) is 0 Å². The molecular formula is C24H20N2O7S. The fraction of sp³-hybridized carbons (Fsp3) is 0.167. The van der Waals surface area contributed by atoms with Crippen LogP contribution in [0.3, 0.4) is 0 Å². The maximum atomic E-state index is 12.9. The summed E-state index contributed by atoms with van der Waals surface area (Å²) in [5.74, 6) is -0.498. The number of ether oxygens (including phenoxy) is 3. The number of fused-ring (bicyclic) bond motifs is 1. The zero-order chi connectivity index (χ0) is 24.2. The monoisotopic (exact) mass is 480 g/mol. The third-order valence-electron chi connectivity index (χ3n) is 4.79. The first-order valence-electron chi connectivity index (χ1n) is 10.2. The molecule has 2 aromatic carbocycles. The van der Waals surface area contributed by atoms with Gasteiger partial charge in [-0.3, -0.25) is 10.1 Å². The van der Waals surface area contributed by atoms with Crippen molar-refractivity contribution in [1.29, 1.82) is 0 Å². The fourth-order valence-electron chi connectivity index (χ4n) is 3.26. The molecule has 0 saturated heterocycles. The lowest BCUT2D eigenvalue weighted by Gasteiger charge is -2.07. The Morgan fingerprint density at radius 3 is 2.50 bits per heavy atom. The van der Waals surface area contributed by atoms with E-state index in [0.717, 1.165) is 10.2 Å². The second-order valence-electron chi connectivity index (χ2n) is 6.98. The molecule has 2 heterocycles.